The first-order chi connectivity index (χ1) is 7.22. The second kappa shape index (κ2) is 4.85. The van der Waals surface area contributed by atoms with Crippen molar-refractivity contribution in [1.29, 1.82) is 15.8 Å². The third kappa shape index (κ3) is 2.37. The summed E-state index contributed by atoms with van der Waals surface area (Å²) < 4.78 is 0. The maximum Gasteiger partial charge on any atom is 0.142 e. The molecule has 0 radical (unpaired) electrons. The molecule has 0 unspecified atom stereocenters. The maximum atomic E-state index is 8.79. The average molecular weight is 215 g/mol. The van der Waals surface area contributed by atoms with Gasteiger partial charge in [0, 0.05) is 0 Å². The molecule has 1 rings (SSSR count). The summed E-state index contributed by atoms with van der Waals surface area (Å²) in [5.74, 6) is 0.268. The number of pyridine rings is 1. The lowest BCUT2D eigenvalue weighted by molar-refractivity contribution is 1.11. The molecule has 1 aromatic rings. The Morgan fingerprint density at radius 3 is 2.47 bits per heavy atom. The first-order valence-electron chi connectivity index (χ1n) is 3.83. The quantitative estimate of drug-likeness (QED) is 0.737. The average Bonchev–Trinajstić information content (AvgIpc) is 2.26. The first kappa shape index (κ1) is 10.8. The normalized spacial score (nSPS) is 8.60. The van der Waals surface area contributed by atoms with Gasteiger partial charge in [-0.2, -0.15) is 15.8 Å². The molecule has 2 N–H and O–H groups in total. The van der Waals surface area contributed by atoms with Gasteiger partial charge in [-0.3, -0.25) is 0 Å². The van der Waals surface area contributed by atoms with E-state index in [1.807, 2.05) is 18.2 Å². The predicted molar refractivity (Wildman–Crippen MR) is 54.4 cm³/mol. The maximum absolute atomic E-state index is 8.79. The number of anilines is 1. The number of nitriles is 3. The predicted octanol–water partition coefficient (Wildman–Crippen LogP) is 1.02. The van der Waals surface area contributed by atoms with Crippen molar-refractivity contribution in [3.05, 3.63) is 17.2 Å². The molecule has 0 atom stereocenters. The van der Waals surface area contributed by atoms with Gasteiger partial charge in [0.05, 0.1) is 22.9 Å². The van der Waals surface area contributed by atoms with Gasteiger partial charge in [0.2, 0.25) is 0 Å². The highest BCUT2D eigenvalue weighted by molar-refractivity contribution is 7.99. The van der Waals surface area contributed by atoms with E-state index < -0.39 is 0 Å². The van der Waals surface area contributed by atoms with Crippen molar-refractivity contribution in [2.75, 3.05) is 11.5 Å². The highest BCUT2D eigenvalue weighted by atomic mass is 32.2. The van der Waals surface area contributed by atoms with Crippen LogP contribution in [0.1, 0.15) is 11.1 Å². The Labute approximate surface area is 90.8 Å². The number of nitrogen functional groups attached to an aromatic ring is 1. The van der Waals surface area contributed by atoms with E-state index in [-0.39, 0.29) is 22.7 Å². The fourth-order valence-electron chi connectivity index (χ4n) is 0.890. The Morgan fingerprint density at radius 1 is 1.27 bits per heavy atom. The number of rotatable bonds is 2. The number of hydrogen-bond acceptors (Lipinski definition) is 6. The van der Waals surface area contributed by atoms with Gasteiger partial charge in [0.1, 0.15) is 23.0 Å². The Hall–Kier alpha value is -2.23. The molecular weight excluding hydrogens is 210 g/mol. The number of thioether (sulfide) groups is 1. The van der Waals surface area contributed by atoms with Crippen molar-refractivity contribution in [1.82, 2.24) is 4.98 Å². The zero-order valence-electron chi connectivity index (χ0n) is 7.56. The van der Waals surface area contributed by atoms with Gasteiger partial charge in [-0.25, -0.2) is 4.98 Å². The lowest BCUT2D eigenvalue weighted by atomic mass is 10.2. The Balaban J connectivity index is 3.20. The topological polar surface area (TPSA) is 110 Å². The molecule has 6 heteroatoms. The van der Waals surface area contributed by atoms with E-state index in [4.69, 9.17) is 21.5 Å². The van der Waals surface area contributed by atoms with Crippen LogP contribution in [0.5, 0.6) is 0 Å². The lowest BCUT2D eigenvalue weighted by Gasteiger charge is -2.02. The number of nitrogens with two attached hydrogens (primary N) is 1. The SMILES string of the molecule is N#CCSc1nc(N)c(C#N)cc1C#N. The van der Waals surface area contributed by atoms with Gasteiger partial charge in [0.25, 0.3) is 0 Å². The van der Waals surface area contributed by atoms with Crippen molar-refractivity contribution in [2.45, 2.75) is 5.03 Å². The van der Waals surface area contributed by atoms with E-state index in [2.05, 4.69) is 4.98 Å². The largest absolute Gasteiger partial charge is 0.383 e. The van der Waals surface area contributed by atoms with Crippen LogP contribution in [-0.4, -0.2) is 10.7 Å². The smallest absolute Gasteiger partial charge is 0.142 e. The van der Waals surface area contributed by atoms with Crippen LogP contribution >= 0.6 is 11.8 Å². The van der Waals surface area contributed by atoms with E-state index in [0.717, 1.165) is 11.8 Å². The fraction of sp³-hybridized carbons (Fsp3) is 0.111. The van der Waals surface area contributed by atoms with Crippen LogP contribution in [0.4, 0.5) is 5.82 Å². The van der Waals surface area contributed by atoms with Gasteiger partial charge >= 0.3 is 0 Å². The molecule has 0 bridgehead atoms. The Kier molecular flexibility index (Phi) is 3.51. The van der Waals surface area contributed by atoms with Crippen LogP contribution in [0.2, 0.25) is 0 Å². The second-order valence-corrected chi connectivity index (χ2v) is 3.41. The molecule has 0 aliphatic rings. The van der Waals surface area contributed by atoms with Gasteiger partial charge in [0.15, 0.2) is 0 Å². The Morgan fingerprint density at radius 2 is 1.93 bits per heavy atom. The summed E-state index contributed by atoms with van der Waals surface area (Å²) in [6.07, 6.45) is 0. The van der Waals surface area contributed by atoms with E-state index in [1.54, 1.807) is 0 Å². The number of nitrogens with zero attached hydrogens (tertiary/aromatic N) is 4. The van der Waals surface area contributed by atoms with Crippen LogP contribution < -0.4 is 5.73 Å². The minimum Gasteiger partial charge on any atom is -0.383 e. The molecule has 15 heavy (non-hydrogen) atoms. The van der Waals surface area contributed by atoms with Crippen molar-refractivity contribution < 1.29 is 0 Å². The molecule has 0 saturated heterocycles. The summed E-state index contributed by atoms with van der Waals surface area (Å²) in [6.45, 7) is 0. The summed E-state index contributed by atoms with van der Waals surface area (Å²) in [4.78, 5) is 3.90. The van der Waals surface area contributed by atoms with Gasteiger partial charge < -0.3 is 5.73 Å². The van der Waals surface area contributed by atoms with Crippen molar-refractivity contribution in [3.63, 3.8) is 0 Å². The van der Waals surface area contributed by atoms with Crippen LogP contribution in [-0.2, 0) is 0 Å². The summed E-state index contributed by atoms with van der Waals surface area (Å²) in [6, 6.07) is 7.05. The molecular formula is C9H5N5S. The van der Waals surface area contributed by atoms with Gasteiger partial charge in [-0.15, -0.1) is 0 Å². The minimum atomic E-state index is 0.0805. The molecule has 0 aliphatic heterocycles. The number of hydrogen-bond donors (Lipinski definition) is 1. The highest BCUT2D eigenvalue weighted by Gasteiger charge is 2.09. The molecule has 0 aromatic carbocycles. The molecule has 0 fully saturated rings. The van der Waals surface area contributed by atoms with Crippen LogP contribution in [0, 0.1) is 34.0 Å². The molecule has 1 heterocycles. The standard InChI is InChI=1S/C9H5N5S/c10-1-2-15-9-7(5-12)3-6(4-11)8(13)14-9/h3H,2H2,(H2,13,14). The fourth-order valence-corrected chi connectivity index (χ4v) is 1.51. The van der Waals surface area contributed by atoms with E-state index in [9.17, 15) is 0 Å². The zero-order valence-corrected chi connectivity index (χ0v) is 8.38. The van der Waals surface area contributed by atoms with Crippen molar-refractivity contribution >= 4 is 17.6 Å². The highest BCUT2D eigenvalue weighted by Crippen LogP contribution is 2.23. The summed E-state index contributed by atoms with van der Waals surface area (Å²) >= 11 is 1.12. The molecule has 5 nitrogen and oxygen atoms in total. The third-order valence-electron chi connectivity index (χ3n) is 1.53. The van der Waals surface area contributed by atoms with Crippen molar-refractivity contribution in [3.8, 4) is 18.2 Å². The van der Waals surface area contributed by atoms with Crippen LogP contribution in [0.15, 0.2) is 11.1 Å². The summed E-state index contributed by atoms with van der Waals surface area (Å²) in [5.41, 5.74) is 5.93. The summed E-state index contributed by atoms with van der Waals surface area (Å²) in [5, 5.41) is 26.2. The third-order valence-corrected chi connectivity index (χ3v) is 2.39. The van der Waals surface area contributed by atoms with E-state index >= 15 is 0 Å². The van der Waals surface area contributed by atoms with Gasteiger partial charge in [-0.1, -0.05) is 11.8 Å². The molecule has 1 aromatic heterocycles. The number of aromatic nitrogens is 1. The molecule has 0 amide bonds. The molecule has 0 spiro atoms. The summed E-state index contributed by atoms with van der Waals surface area (Å²) in [7, 11) is 0. The Bertz CT molecular complexity index is 503. The van der Waals surface area contributed by atoms with E-state index in [1.165, 1.54) is 6.07 Å². The van der Waals surface area contributed by atoms with Crippen molar-refractivity contribution in [2.24, 2.45) is 0 Å². The molecule has 72 valence electrons. The van der Waals surface area contributed by atoms with Crippen LogP contribution in [0.25, 0.3) is 0 Å². The van der Waals surface area contributed by atoms with Crippen LogP contribution in [0.3, 0.4) is 0 Å². The monoisotopic (exact) mass is 215 g/mol. The second-order valence-electron chi connectivity index (χ2n) is 2.44. The van der Waals surface area contributed by atoms with Gasteiger partial charge in [-0.05, 0) is 6.07 Å². The molecule has 0 saturated carbocycles. The minimum absolute atomic E-state index is 0.0805. The first-order valence-corrected chi connectivity index (χ1v) is 4.82. The van der Waals surface area contributed by atoms with E-state index in [0.29, 0.717) is 5.03 Å². The molecule has 0 aliphatic carbocycles. The lowest BCUT2D eigenvalue weighted by Crippen LogP contribution is -1.98. The zero-order chi connectivity index (χ0) is 11.3.